The minimum atomic E-state index is -1.44. The van der Waals surface area contributed by atoms with E-state index in [1.807, 2.05) is 0 Å². The normalized spacial score (nSPS) is 11.0. The molecule has 2 aromatic carbocycles. The lowest BCUT2D eigenvalue weighted by atomic mass is 10.1. The molecule has 35 heavy (non-hydrogen) atoms. The van der Waals surface area contributed by atoms with Crippen molar-refractivity contribution in [3.05, 3.63) is 60.2 Å². The monoisotopic (exact) mass is 485 g/mol. The van der Waals surface area contributed by atoms with Gasteiger partial charge in [0.25, 0.3) is 5.91 Å². The van der Waals surface area contributed by atoms with Crippen LogP contribution in [-0.4, -0.2) is 65.5 Å². The van der Waals surface area contributed by atoms with Crippen molar-refractivity contribution < 1.29 is 29.0 Å². The number of hydrogen-bond acceptors (Lipinski definition) is 7. The summed E-state index contributed by atoms with van der Waals surface area (Å²) in [6.07, 6.45) is -0.704. The van der Waals surface area contributed by atoms with E-state index in [0.29, 0.717) is 24.6 Å². The summed E-state index contributed by atoms with van der Waals surface area (Å²) < 4.78 is 5.35. The Bertz CT molecular complexity index is 1060. The third-order valence-electron chi connectivity index (χ3n) is 4.32. The summed E-state index contributed by atoms with van der Waals surface area (Å²) in [5, 5.41) is 18.4. The van der Waals surface area contributed by atoms with Crippen molar-refractivity contribution in [3.8, 4) is 5.75 Å². The van der Waals surface area contributed by atoms with Gasteiger partial charge in [-0.25, -0.2) is 5.01 Å². The molecule has 2 aromatic rings. The summed E-state index contributed by atoms with van der Waals surface area (Å²) in [6, 6.07) is 12.8. The van der Waals surface area contributed by atoms with Crippen molar-refractivity contribution in [3.63, 3.8) is 0 Å². The number of carbonyl (C=O) groups is 4. The molecule has 0 unspecified atom stereocenters. The molecule has 0 fully saturated rings. The van der Waals surface area contributed by atoms with Gasteiger partial charge in [-0.05, 0) is 36.4 Å². The number of hydrazone groups is 1. The minimum Gasteiger partial charge on any atom is -0.492 e. The first-order chi connectivity index (χ1) is 16.7. The molecule has 0 saturated heterocycles. The maximum atomic E-state index is 12.7. The lowest BCUT2D eigenvalue weighted by Crippen LogP contribution is -2.49. The average Bonchev–Trinajstić information content (AvgIpc) is 2.82. The molecule has 3 amide bonds. The summed E-state index contributed by atoms with van der Waals surface area (Å²) in [7, 11) is 0. The summed E-state index contributed by atoms with van der Waals surface area (Å²) in [6.45, 7) is -0.00309. The topological polar surface area (TPSA) is 215 Å². The Labute approximate surface area is 200 Å². The van der Waals surface area contributed by atoms with Crippen LogP contribution in [0.15, 0.2) is 59.7 Å². The molecular weight excluding hydrogens is 458 g/mol. The molecule has 2 rings (SSSR count). The fourth-order valence-corrected chi connectivity index (χ4v) is 2.82. The highest BCUT2D eigenvalue weighted by molar-refractivity contribution is 6.00. The van der Waals surface area contributed by atoms with Gasteiger partial charge in [-0.2, -0.15) is 0 Å². The van der Waals surface area contributed by atoms with Crippen LogP contribution in [-0.2, 0) is 14.4 Å². The predicted molar refractivity (Wildman–Crippen MR) is 127 cm³/mol. The number of nitrogens with two attached hydrogens (primary N) is 3. The molecule has 13 heteroatoms. The Balaban J connectivity index is 2.09. The van der Waals surface area contributed by atoms with Crippen LogP contribution in [0.25, 0.3) is 0 Å². The van der Waals surface area contributed by atoms with Gasteiger partial charge in [0.2, 0.25) is 17.8 Å². The van der Waals surface area contributed by atoms with Gasteiger partial charge in [0.1, 0.15) is 24.9 Å². The lowest BCUT2D eigenvalue weighted by Gasteiger charge is -2.20. The standard InChI is InChI=1S/C22H27N7O6/c23-10-11-35-16-8-6-15(7-9-16)26-20(33)17(12-19(31)32)27-18(30)13-29(28-22(24)25)21(34)14-4-2-1-3-5-14/h1-9,17H,10-13,23H2,(H,26,33)(H,27,30)(H,31,32)(H4,24,25,28)/t17-/m0/s1. The van der Waals surface area contributed by atoms with Crippen LogP contribution in [0.1, 0.15) is 16.8 Å². The largest absolute Gasteiger partial charge is 0.492 e. The summed E-state index contributed by atoms with van der Waals surface area (Å²) >= 11 is 0. The van der Waals surface area contributed by atoms with Gasteiger partial charge in [0, 0.05) is 17.8 Å². The van der Waals surface area contributed by atoms with Crippen LogP contribution in [0.2, 0.25) is 0 Å². The number of amides is 3. The second kappa shape index (κ2) is 13.2. The molecular formula is C22H27N7O6. The first-order valence-electron chi connectivity index (χ1n) is 10.4. The van der Waals surface area contributed by atoms with Crippen LogP contribution in [0.3, 0.4) is 0 Å². The van der Waals surface area contributed by atoms with E-state index < -0.39 is 48.7 Å². The molecule has 13 nitrogen and oxygen atoms in total. The number of anilines is 1. The van der Waals surface area contributed by atoms with E-state index in [1.54, 1.807) is 42.5 Å². The zero-order valence-corrected chi connectivity index (χ0v) is 18.7. The van der Waals surface area contributed by atoms with Crippen LogP contribution in [0.5, 0.6) is 5.75 Å². The van der Waals surface area contributed by atoms with Gasteiger partial charge < -0.3 is 37.7 Å². The predicted octanol–water partition coefficient (Wildman–Crippen LogP) is -0.747. The molecule has 0 aliphatic rings. The number of hydrogen-bond donors (Lipinski definition) is 6. The maximum Gasteiger partial charge on any atom is 0.305 e. The lowest BCUT2D eigenvalue weighted by molar-refractivity contribution is -0.139. The quantitative estimate of drug-likeness (QED) is 0.126. The van der Waals surface area contributed by atoms with E-state index in [0.717, 1.165) is 5.01 Å². The van der Waals surface area contributed by atoms with Crippen molar-refractivity contribution in [2.24, 2.45) is 22.3 Å². The second-order valence-corrected chi connectivity index (χ2v) is 7.12. The highest BCUT2D eigenvalue weighted by Gasteiger charge is 2.26. The Kier molecular flexibility index (Phi) is 10.00. The number of nitrogens with one attached hydrogen (secondary N) is 2. The first-order valence-corrected chi connectivity index (χ1v) is 10.4. The van der Waals surface area contributed by atoms with Crippen LogP contribution >= 0.6 is 0 Å². The van der Waals surface area contributed by atoms with Crippen molar-refractivity contribution in [1.82, 2.24) is 10.3 Å². The van der Waals surface area contributed by atoms with E-state index in [1.165, 1.54) is 12.1 Å². The average molecular weight is 486 g/mol. The number of aliphatic carboxylic acids is 1. The Morgan fingerprint density at radius 2 is 1.69 bits per heavy atom. The van der Waals surface area contributed by atoms with Crippen LogP contribution in [0, 0.1) is 0 Å². The molecule has 9 N–H and O–H groups in total. The van der Waals surface area contributed by atoms with E-state index in [9.17, 15) is 24.3 Å². The summed E-state index contributed by atoms with van der Waals surface area (Å²) in [5.41, 5.74) is 16.7. The Hall–Kier alpha value is -4.65. The van der Waals surface area contributed by atoms with Gasteiger partial charge >= 0.3 is 5.97 Å². The highest BCUT2D eigenvalue weighted by Crippen LogP contribution is 2.16. The summed E-state index contributed by atoms with van der Waals surface area (Å²) in [5.74, 6) is -3.57. The molecule has 0 bridgehead atoms. The number of guanidine groups is 1. The van der Waals surface area contributed by atoms with E-state index in [2.05, 4.69) is 15.7 Å². The van der Waals surface area contributed by atoms with E-state index >= 15 is 0 Å². The second-order valence-electron chi connectivity index (χ2n) is 7.12. The maximum absolute atomic E-state index is 12.7. The Morgan fingerprint density at radius 1 is 1.03 bits per heavy atom. The van der Waals surface area contributed by atoms with Crippen molar-refractivity contribution in [2.45, 2.75) is 12.5 Å². The minimum absolute atomic E-state index is 0.212. The molecule has 1 atom stereocenters. The molecule has 186 valence electrons. The highest BCUT2D eigenvalue weighted by atomic mass is 16.5. The smallest absolute Gasteiger partial charge is 0.305 e. The van der Waals surface area contributed by atoms with Crippen LogP contribution in [0.4, 0.5) is 5.69 Å². The molecule has 0 aliphatic heterocycles. The fourth-order valence-electron chi connectivity index (χ4n) is 2.82. The molecule has 0 saturated carbocycles. The number of ether oxygens (including phenoxy) is 1. The molecule has 0 aliphatic carbocycles. The number of carboxylic acids is 1. The van der Waals surface area contributed by atoms with Gasteiger partial charge in [0.15, 0.2) is 0 Å². The molecule has 0 spiro atoms. The first kappa shape index (κ1) is 26.6. The van der Waals surface area contributed by atoms with Crippen molar-refractivity contribution >= 4 is 35.3 Å². The SMILES string of the molecule is NCCOc1ccc(NC(=O)[C@H](CC(=O)O)NC(=O)CN(N=C(N)N)C(=O)c2ccccc2)cc1. The zero-order chi connectivity index (χ0) is 25.8. The van der Waals surface area contributed by atoms with E-state index in [-0.39, 0.29) is 5.56 Å². The molecule has 0 aromatic heterocycles. The molecule has 0 radical (unpaired) electrons. The number of nitrogens with zero attached hydrogens (tertiary/aromatic N) is 2. The third kappa shape index (κ3) is 9.01. The zero-order valence-electron chi connectivity index (χ0n) is 18.7. The fraction of sp³-hybridized carbons (Fsp3) is 0.227. The number of carbonyl (C=O) groups excluding carboxylic acids is 3. The van der Waals surface area contributed by atoms with Gasteiger partial charge in [0.05, 0.1) is 6.42 Å². The Morgan fingerprint density at radius 3 is 2.26 bits per heavy atom. The number of rotatable bonds is 12. The summed E-state index contributed by atoms with van der Waals surface area (Å²) in [4.78, 5) is 49.2. The third-order valence-corrected chi connectivity index (χ3v) is 4.32. The number of carboxylic acid groups (broad SMARTS) is 1. The van der Waals surface area contributed by atoms with E-state index in [4.69, 9.17) is 21.9 Å². The number of benzene rings is 2. The van der Waals surface area contributed by atoms with Gasteiger partial charge in [-0.15, -0.1) is 5.10 Å². The van der Waals surface area contributed by atoms with Gasteiger partial charge in [-0.3, -0.25) is 19.2 Å². The van der Waals surface area contributed by atoms with Crippen LogP contribution < -0.4 is 32.6 Å². The van der Waals surface area contributed by atoms with Crippen molar-refractivity contribution in [2.75, 3.05) is 25.0 Å². The van der Waals surface area contributed by atoms with Gasteiger partial charge in [-0.1, -0.05) is 18.2 Å². The molecule has 0 heterocycles. The van der Waals surface area contributed by atoms with Crippen molar-refractivity contribution in [1.29, 1.82) is 0 Å².